The van der Waals surface area contributed by atoms with Gasteiger partial charge in [0.05, 0.1) is 6.20 Å². The summed E-state index contributed by atoms with van der Waals surface area (Å²) in [5, 5.41) is 10.2. The van der Waals surface area contributed by atoms with Crippen LogP contribution < -0.4 is 5.32 Å². The van der Waals surface area contributed by atoms with Crippen LogP contribution in [0.5, 0.6) is 0 Å². The number of amides is 1. The molecule has 0 aliphatic carbocycles. The summed E-state index contributed by atoms with van der Waals surface area (Å²) in [6.07, 6.45) is 5.55. The number of carbonyl (C=O) groups is 1. The van der Waals surface area contributed by atoms with Gasteiger partial charge >= 0.3 is 6.09 Å². The van der Waals surface area contributed by atoms with Crippen LogP contribution in [-0.4, -0.2) is 45.9 Å². The summed E-state index contributed by atoms with van der Waals surface area (Å²) < 4.78 is 5.42. The fourth-order valence-corrected chi connectivity index (χ4v) is 2.27. The first-order chi connectivity index (χ1) is 9.44. The van der Waals surface area contributed by atoms with Crippen molar-refractivity contribution in [3.05, 3.63) is 18.0 Å². The van der Waals surface area contributed by atoms with E-state index < -0.39 is 5.60 Å². The van der Waals surface area contributed by atoms with Gasteiger partial charge in [0.15, 0.2) is 0 Å². The van der Waals surface area contributed by atoms with E-state index in [1.807, 2.05) is 33.2 Å². The zero-order valence-corrected chi connectivity index (χ0v) is 12.5. The van der Waals surface area contributed by atoms with Crippen molar-refractivity contribution in [3.63, 3.8) is 0 Å². The highest BCUT2D eigenvalue weighted by Gasteiger charge is 2.27. The largest absolute Gasteiger partial charge is 0.444 e. The normalized spacial score (nSPS) is 19.9. The second kappa shape index (κ2) is 6.26. The molecule has 1 amide bonds. The van der Waals surface area contributed by atoms with Crippen molar-refractivity contribution in [2.75, 3.05) is 13.1 Å². The number of aromatic nitrogens is 2. The third-order valence-corrected chi connectivity index (χ3v) is 3.22. The maximum Gasteiger partial charge on any atom is 0.410 e. The molecule has 1 aliphatic heterocycles. The highest BCUT2D eigenvalue weighted by molar-refractivity contribution is 5.68. The molecule has 0 saturated carbocycles. The van der Waals surface area contributed by atoms with Gasteiger partial charge in [-0.05, 0) is 33.6 Å². The molecule has 0 spiro atoms. The smallest absolute Gasteiger partial charge is 0.410 e. The van der Waals surface area contributed by atoms with Gasteiger partial charge in [0.1, 0.15) is 5.60 Å². The molecule has 1 unspecified atom stereocenters. The lowest BCUT2D eigenvalue weighted by Gasteiger charge is -2.34. The van der Waals surface area contributed by atoms with Crippen LogP contribution in [-0.2, 0) is 11.3 Å². The standard InChI is InChI=1S/C14H24N4O2/c1-14(2,3)20-13(19)18-6-4-5-12(10-18)15-7-11-8-16-17-9-11/h8-9,12,15H,4-7,10H2,1-3H3,(H,16,17). The average molecular weight is 280 g/mol. The van der Waals surface area contributed by atoms with Crippen molar-refractivity contribution < 1.29 is 9.53 Å². The summed E-state index contributed by atoms with van der Waals surface area (Å²) in [5.74, 6) is 0. The molecular formula is C14H24N4O2. The quantitative estimate of drug-likeness (QED) is 0.887. The molecule has 1 saturated heterocycles. The van der Waals surface area contributed by atoms with E-state index in [-0.39, 0.29) is 6.09 Å². The van der Waals surface area contributed by atoms with Gasteiger partial charge in [-0.3, -0.25) is 5.10 Å². The molecule has 0 bridgehead atoms. The number of piperidine rings is 1. The fraction of sp³-hybridized carbons (Fsp3) is 0.714. The summed E-state index contributed by atoms with van der Waals surface area (Å²) in [5.41, 5.74) is 0.688. The summed E-state index contributed by atoms with van der Waals surface area (Å²) in [4.78, 5) is 13.8. The van der Waals surface area contributed by atoms with Crippen LogP contribution in [0.15, 0.2) is 12.4 Å². The van der Waals surface area contributed by atoms with E-state index in [2.05, 4.69) is 15.5 Å². The van der Waals surface area contributed by atoms with Crippen molar-refractivity contribution in [1.82, 2.24) is 20.4 Å². The van der Waals surface area contributed by atoms with Gasteiger partial charge in [-0.1, -0.05) is 0 Å². The van der Waals surface area contributed by atoms with Crippen molar-refractivity contribution in [2.24, 2.45) is 0 Å². The molecule has 112 valence electrons. The van der Waals surface area contributed by atoms with E-state index in [4.69, 9.17) is 4.74 Å². The highest BCUT2D eigenvalue weighted by atomic mass is 16.6. The Morgan fingerprint density at radius 1 is 1.60 bits per heavy atom. The van der Waals surface area contributed by atoms with Crippen LogP contribution in [0.25, 0.3) is 0 Å². The molecule has 1 aromatic rings. The average Bonchev–Trinajstić information content (AvgIpc) is 2.88. The number of hydrogen-bond acceptors (Lipinski definition) is 4. The molecule has 2 heterocycles. The Morgan fingerprint density at radius 2 is 2.40 bits per heavy atom. The molecule has 6 heteroatoms. The molecule has 0 radical (unpaired) electrons. The summed E-state index contributed by atoms with van der Waals surface area (Å²) in [6, 6.07) is 0.311. The Hall–Kier alpha value is -1.56. The van der Waals surface area contributed by atoms with Gasteiger partial charge in [-0.2, -0.15) is 5.10 Å². The predicted molar refractivity (Wildman–Crippen MR) is 76.3 cm³/mol. The third-order valence-electron chi connectivity index (χ3n) is 3.22. The minimum absolute atomic E-state index is 0.215. The molecule has 1 aromatic heterocycles. The lowest BCUT2D eigenvalue weighted by molar-refractivity contribution is 0.0187. The molecule has 1 atom stereocenters. The van der Waals surface area contributed by atoms with Crippen molar-refractivity contribution in [2.45, 2.75) is 51.8 Å². The number of H-pyrrole nitrogens is 1. The molecule has 0 aromatic carbocycles. The fourth-order valence-electron chi connectivity index (χ4n) is 2.27. The maximum atomic E-state index is 12.1. The molecule has 6 nitrogen and oxygen atoms in total. The molecule has 1 fully saturated rings. The van der Waals surface area contributed by atoms with Gasteiger partial charge < -0.3 is 15.0 Å². The van der Waals surface area contributed by atoms with E-state index >= 15 is 0 Å². The number of rotatable bonds is 3. The lowest BCUT2D eigenvalue weighted by Crippen LogP contribution is -2.49. The van der Waals surface area contributed by atoms with Crippen molar-refractivity contribution >= 4 is 6.09 Å². The Kier molecular flexibility index (Phi) is 4.65. The van der Waals surface area contributed by atoms with Crippen LogP contribution in [0.3, 0.4) is 0 Å². The van der Waals surface area contributed by atoms with Crippen molar-refractivity contribution in [1.29, 1.82) is 0 Å². The van der Waals surface area contributed by atoms with Crippen LogP contribution in [0.4, 0.5) is 4.79 Å². The maximum absolute atomic E-state index is 12.1. The first-order valence-electron chi connectivity index (χ1n) is 7.13. The Morgan fingerprint density at radius 3 is 3.05 bits per heavy atom. The Balaban J connectivity index is 1.80. The Bertz CT molecular complexity index is 425. The van der Waals surface area contributed by atoms with Gasteiger partial charge in [-0.25, -0.2) is 4.79 Å². The number of hydrogen-bond donors (Lipinski definition) is 2. The van der Waals surface area contributed by atoms with Crippen LogP contribution in [0, 0.1) is 0 Å². The zero-order valence-electron chi connectivity index (χ0n) is 12.5. The van der Waals surface area contributed by atoms with E-state index in [1.165, 1.54) is 0 Å². The van der Waals surface area contributed by atoms with Crippen LogP contribution in [0.1, 0.15) is 39.2 Å². The lowest BCUT2D eigenvalue weighted by atomic mass is 10.1. The summed E-state index contributed by atoms with van der Waals surface area (Å²) >= 11 is 0. The zero-order chi connectivity index (χ0) is 14.6. The second-order valence-corrected chi connectivity index (χ2v) is 6.25. The number of nitrogens with zero attached hydrogens (tertiary/aromatic N) is 2. The topological polar surface area (TPSA) is 70.2 Å². The third kappa shape index (κ3) is 4.52. The van der Waals surface area contributed by atoms with Gasteiger partial charge in [0, 0.05) is 37.4 Å². The number of likely N-dealkylation sites (tertiary alicyclic amines) is 1. The van der Waals surface area contributed by atoms with Crippen molar-refractivity contribution in [3.8, 4) is 0 Å². The van der Waals surface area contributed by atoms with Gasteiger partial charge in [0.2, 0.25) is 0 Å². The molecule has 1 aliphatic rings. The monoisotopic (exact) mass is 280 g/mol. The first kappa shape index (κ1) is 14.8. The number of ether oxygens (including phenoxy) is 1. The van der Waals surface area contributed by atoms with E-state index in [1.54, 1.807) is 4.90 Å². The van der Waals surface area contributed by atoms with E-state index in [9.17, 15) is 4.79 Å². The Labute approximate surface area is 119 Å². The molecular weight excluding hydrogens is 256 g/mol. The highest BCUT2D eigenvalue weighted by Crippen LogP contribution is 2.15. The molecule has 20 heavy (non-hydrogen) atoms. The minimum atomic E-state index is -0.436. The second-order valence-electron chi connectivity index (χ2n) is 6.25. The van der Waals surface area contributed by atoms with Crippen LogP contribution in [0.2, 0.25) is 0 Å². The number of carbonyl (C=O) groups excluding carboxylic acids is 1. The number of nitrogens with one attached hydrogen (secondary N) is 2. The van der Waals surface area contributed by atoms with Crippen LogP contribution >= 0.6 is 0 Å². The molecule has 2 rings (SSSR count). The predicted octanol–water partition coefficient (Wildman–Crippen LogP) is 1.90. The summed E-state index contributed by atoms with van der Waals surface area (Å²) in [6.45, 7) is 7.92. The molecule has 2 N–H and O–H groups in total. The van der Waals surface area contributed by atoms with Gasteiger partial charge in [0.25, 0.3) is 0 Å². The minimum Gasteiger partial charge on any atom is -0.444 e. The summed E-state index contributed by atoms with van der Waals surface area (Å²) in [7, 11) is 0. The van der Waals surface area contributed by atoms with Gasteiger partial charge in [-0.15, -0.1) is 0 Å². The first-order valence-corrected chi connectivity index (χ1v) is 7.13. The van der Waals surface area contributed by atoms with E-state index in [0.29, 0.717) is 12.6 Å². The SMILES string of the molecule is CC(C)(C)OC(=O)N1CCCC(NCc2cn[nH]c2)C1. The van der Waals surface area contributed by atoms with E-state index in [0.717, 1.165) is 31.5 Å². The number of aromatic amines is 1.